The van der Waals surface area contributed by atoms with Crippen molar-refractivity contribution in [2.75, 3.05) is 4.43 Å². The third-order valence-electron chi connectivity index (χ3n) is 3.31. The molecule has 0 spiro atoms. The van der Waals surface area contributed by atoms with Gasteiger partial charge in [-0.15, -0.1) is 0 Å². The summed E-state index contributed by atoms with van der Waals surface area (Å²) in [5.41, 5.74) is 0. The van der Waals surface area contributed by atoms with E-state index in [0.717, 1.165) is 5.92 Å². The molecule has 0 amide bonds. The van der Waals surface area contributed by atoms with E-state index in [9.17, 15) is 0 Å². The Kier molecular flexibility index (Phi) is 13.4. The Morgan fingerprint density at radius 1 is 0.800 bits per heavy atom. The molecule has 15 heavy (non-hydrogen) atoms. The van der Waals surface area contributed by atoms with Gasteiger partial charge in [0.05, 0.1) is 0 Å². The van der Waals surface area contributed by atoms with Gasteiger partial charge in [-0.25, -0.2) is 0 Å². The summed E-state index contributed by atoms with van der Waals surface area (Å²) in [4.78, 5) is 0. The zero-order chi connectivity index (χ0) is 11.4. The van der Waals surface area contributed by atoms with Crippen molar-refractivity contribution in [2.45, 2.75) is 78.1 Å². The van der Waals surface area contributed by atoms with Gasteiger partial charge < -0.3 is 0 Å². The molecule has 0 saturated heterocycles. The highest BCUT2D eigenvalue weighted by Gasteiger charge is 2.04. The molecule has 0 aromatic heterocycles. The molecule has 0 aliphatic carbocycles. The van der Waals surface area contributed by atoms with E-state index in [0.29, 0.717) is 0 Å². The summed E-state index contributed by atoms with van der Waals surface area (Å²) < 4.78 is 1.34. The van der Waals surface area contributed by atoms with Crippen molar-refractivity contribution >= 4 is 22.6 Å². The zero-order valence-electron chi connectivity index (χ0n) is 10.7. The molecule has 92 valence electrons. The van der Waals surface area contributed by atoms with Crippen molar-refractivity contribution in [3.8, 4) is 0 Å². The van der Waals surface area contributed by atoms with Crippen LogP contribution in [0.5, 0.6) is 0 Å². The third-order valence-corrected chi connectivity index (χ3v) is 3.93. The minimum atomic E-state index is 1.01. The highest BCUT2D eigenvalue weighted by atomic mass is 127. The summed E-state index contributed by atoms with van der Waals surface area (Å²) in [6.45, 7) is 4.63. The fourth-order valence-electron chi connectivity index (χ4n) is 2.10. The molecule has 0 aromatic rings. The maximum Gasteiger partial charge on any atom is -0.000209 e. The molecule has 1 heteroatoms. The molecular formula is C14H29I. The molecule has 0 bridgehead atoms. The quantitative estimate of drug-likeness (QED) is 0.249. The van der Waals surface area contributed by atoms with Crippen molar-refractivity contribution in [1.82, 2.24) is 0 Å². The van der Waals surface area contributed by atoms with E-state index < -0.39 is 0 Å². The van der Waals surface area contributed by atoms with Crippen LogP contribution in [-0.4, -0.2) is 4.43 Å². The second-order valence-electron chi connectivity index (χ2n) is 4.66. The Hall–Kier alpha value is 0.730. The van der Waals surface area contributed by atoms with E-state index in [-0.39, 0.29) is 0 Å². The first-order valence-electron chi connectivity index (χ1n) is 6.91. The molecule has 0 aliphatic heterocycles. The number of unbranched alkanes of at least 4 members (excludes halogenated alkanes) is 6. The van der Waals surface area contributed by atoms with Gasteiger partial charge in [-0.1, -0.05) is 94.2 Å². The van der Waals surface area contributed by atoms with Gasteiger partial charge in [-0.3, -0.25) is 0 Å². The van der Waals surface area contributed by atoms with Crippen LogP contribution in [0.3, 0.4) is 0 Å². The molecule has 0 nitrogen and oxygen atoms in total. The number of rotatable bonds is 11. The highest BCUT2D eigenvalue weighted by molar-refractivity contribution is 14.1. The lowest BCUT2D eigenvalue weighted by atomic mass is 9.95. The topological polar surface area (TPSA) is 0 Å². The maximum absolute atomic E-state index is 2.51. The molecule has 0 radical (unpaired) electrons. The van der Waals surface area contributed by atoms with Crippen LogP contribution in [-0.2, 0) is 0 Å². The van der Waals surface area contributed by atoms with E-state index in [2.05, 4.69) is 36.4 Å². The molecular weight excluding hydrogens is 295 g/mol. The van der Waals surface area contributed by atoms with Crippen LogP contribution in [0.15, 0.2) is 0 Å². The van der Waals surface area contributed by atoms with Crippen molar-refractivity contribution in [3.05, 3.63) is 0 Å². The van der Waals surface area contributed by atoms with E-state index in [1.165, 1.54) is 68.6 Å². The second kappa shape index (κ2) is 12.8. The Morgan fingerprint density at radius 3 is 1.93 bits per heavy atom. The average Bonchev–Trinajstić information content (AvgIpc) is 2.26. The predicted octanol–water partition coefficient (Wildman–Crippen LogP) is 5.98. The van der Waals surface area contributed by atoms with Crippen molar-refractivity contribution < 1.29 is 0 Å². The molecule has 0 heterocycles. The largest absolute Gasteiger partial charge is 0.0864 e. The smallest absolute Gasteiger partial charge is 0.000209 e. The first-order chi connectivity index (χ1) is 7.35. The number of hydrogen-bond donors (Lipinski definition) is 0. The maximum atomic E-state index is 2.51. The normalized spacial score (nSPS) is 13.0. The van der Waals surface area contributed by atoms with Crippen molar-refractivity contribution in [2.24, 2.45) is 5.92 Å². The van der Waals surface area contributed by atoms with Gasteiger partial charge in [-0.2, -0.15) is 0 Å². The van der Waals surface area contributed by atoms with Gasteiger partial charge in [0.2, 0.25) is 0 Å². The van der Waals surface area contributed by atoms with Gasteiger partial charge in [0.15, 0.2) is 0 Å². The molecule has 0 aromatic carbocycles. The Morgan fingerprint density at radius 2 is 1.40 bits per heavy atom. The second-order valence-corrected chi connectivity index (χ2v) is 5.74. The summed E-state index contributed by atoms with van der Waals surface area (Å²) in [5, 5.41) is 0. The first-order valence-corrected chi connectivity index (χ1v) is 8.43. The molecule has 1 unspecified atom stereocenters. The fraction of sp³-hybridized carbons (Fsp3) is 1.00. The SMILES string of the molecule is CCCCCCCCCC(CC)CCI. The van der Waals surface area contributed by atoms with E-state index in [1.54, 1.807) is 0 Å². The van der Waals surface area contributed by atoms with E-state index in [1.807, 2.05) is 0 Å². The monoisotopic (exact) mass is 324 g/mol. The average molecular weight is 324 g/mol. The van der Waals surface area contributed by atoms with Gasteiger partial charge in [-0.05, 0) is 16.8 Å². The van der Waals surface area contributed by atoms with Crippen LogP contribution >= 0.6 is 22.6 Å². The van der Waals surface area contributed by atoms with Crippen LogP contribution in [0, 0.1) is 5.92 Å². The summed E-state index contributed by atoms with van der Waals surface area (Å²) in [6, 6.07) is 0. The minimum Gasteiger partial charge on any atom is -0.0864 e. The Bertz CT molecular complexity index is 112. The summed E-state index contributed by atoms with van der Waals surface area (Å²) in [5.74, 6) is 1.01. The highest BCUT2D eigenvalue weighted by Crippen LogP contribution is 2.19. The lowest BCUT2D eigenvalue weighted by Gasteiger charge is -2.12. The number of hydrogen-bond acceptors (Lipinski definition) is 0. The minimum absolute atomic E-state index is 1.01. The van der Waals surface area contributed by atoms with Gasteiger partial charge in [0.1, 0.15) is 0 Å². The molecule has 0 N–H and O–H groups in total. The van der Waals surface area contributed by atoms with E-state index in [4.69, 9.17) is 0 Å². The fourth-order valence-corrected chi connectivity index (χ4v) is 2.98. The molecule has 0 fully saturated rings. The van der Waals surface area contributed by atoms with Crippen LogP contribution in [0.25, 0.3) is 0 Å². The lowest BCUT2D eigenvalue weighted by Crippen LogP contribution is -1.99. The lowest BCUT2D eigenvalue weighted by molar-refractivity contribution is 0.431. The molecule has 1 atom stereocenters. The summed E-state index contributed by atoms with van der Waals surface area (Å²) in [7, 11) is 0. The van der Waals surface area contributed by atoms with Gasteiger partial charge >= 0.3 is 0 Å². The van der Waals surface area contributed by atoms with Crippen LogP contribution in [0.1, 0.15) is 78.1 Å². The Labute approximate surface area is 111 Å². The molecule has 0 saturated carbocycles. The summed E-state index contributed by atoms with van der Waals surface area (Å²) in [6.07, 6.45) is 14.5. The van der Waals surface area contributed by atoms with Gasteiger partial charge in [0.25, 0.3) is 0 Å². The van der Waals surface area contributed by atoms with Crippen LogP contribution in [0.2, 0.25) is 0 Å². The van der Waals surface area contributed by atoms with Crippen molar-refractivity contribution in [3.63, 3.8) is 0 Å². The van der Waals surface area contributed by atoms with Crippen LogP contribution in [0.4, 0.5) is 0 Å². The van der Waals surface area contributed by atoms with Gasteiger partial charge in [0, 0.05) is 0 Å². The van der Waals surface area contributed by atoms with Crippen LogP contribution < -0.4 is 0 Å². The Balaban J connectivity index is 3.14. The standard InChI is InChI=1S/C14H29I/c1-3-5-6-7-8-9-10-11-14(4-2)12-13-15/h14H,3-13H2,1-2H3. The number of halogens is 1. The predicted molar refractivity (Wildman–Crippen MR) is 79.9 cm³/mol. The number of alkyl halides is 1. The summed E-state index contributed by atoms with van der Waals surface area (Å²) >= 11 is 2.51. The first kappa shape index (κ1) is 15.7. The third kappa shape index (κ3) is 11.0. The zero-order valence-corrected chi connectivity index (χ0v) is 12.9. The molecule has 0 rings (SSSR count). The van der Waals surface area contributed by atoms with E-state index >= 15 is 0 Å². The molecule has 0 aliphatic rings. The van der Waals surface area contributed by atoms with Crippen molar-refractivity contribution in [1.29, 1.82) is 0 Å².